The summed E-state index contributed by atoms with van der Waals surface area (Å²) in [4.78, 5) is 16.0. The van der Waals surface area contributed by atoms with Gasteiger partial charge in [0, 0.05) is 25.3 Å². The number of ether oxygens (including phenoxy) is 2. The van der Waals surface area contributed by atoms with Gasteiger partial charge in [0.1, 0.15) is 0 Å². The first-order chi connectivity index (χ1) is 9.79. The summed E-state index contributed by atoms with van der Waals surface area (Å²) in [6.07, 6.45) is 0.655. The lowest BCUT2D eigenvalue weighted by Gasteiger charge is -2.29. The second kappa shape index (κ2) is 5.71. The molecule has 5 heteroatoms. The van der Waals surface area contributed by atoms with Crippen LogP contribution in [0.1, 0.15) is 12.5 Å². The van der Waals surface area contributed by atoms with Gasteiger partial charge in [-0.05, 0) is 31.0 Å². The molecule has 1 aromatic rings. The Bertz CT molecular complexity index is 498. The Morgan fingerprint density at radius 2 is 2.10 bits per heavy atom. The van der Waals surface area contributed by atoms with E-state index in [1.165, 1.54) is 5.56 Å². The highest BCUT2D eigenvalue weighted by atomic mass is 16.6. The molecular weight excluding hydrogens is 256 g/mol. The quantitative estimate of drug-likeness (QED) is 0.829. The standard InChI is InChI=1S/C15H20N2O3/c1-2-20-15(18)17-6-5-12-3-4-13(11-14(12)17)16-7-9-19-10-8-16/h3-4,11H,2,5-10H2,1H3. The monoisotopic (exact) mass is 276 g/mol. The number of rotatable bonds is 2. The Morgan fingerprint density at radius 1 is 1.30 bits per heavy atom. The molecule has 0 saturated carbocycles. The lowest BCUT2D eigenvalue weighted by atomic mass is 10.1. The second-order valence-electron chi connectivity index (χ2n) is 5.01. The van der Waals surface area contributed by atoms with Crippen molar-refractivity contribution in [3.63, 3.8) is 0 Å². The van der Waals surface area contributed by atoms with E-state index in [0.717, 1.165) is 44.1 Å². The van der Waals surface area contributed by atoms with E-state index in [1.807, 2.05) is 6.92 Å². The molecular formula is C15H20N2O3. The van der Waals surface area contributed by atoms with Gasteiger partial charge >= 0.3 is 6.09 Å². The molecule has 3 rings (SSSR count). The summed E-state index contributed by atoms with van der Waals surface area (Å²) in [5.41, 5.74) is 3.37. The van der Waals surface area contributed by atoms with E-state index >= 15 is 0 Å². The van der Waals surface area contributed by atoms with Gasteiger partial charge in [0.05, 0.1) is 25.5 Å². The minimum atomic E-state index is -0.245. The maximum Gasteiger partial charge on any atom is 0.414 e. The maximum absolute atomic E-state index is 12.0. The molecule has 0 atom stereocenters. The van der Waals surface area contributed by atoms with Crippen LogP contribution in [-0.4, -0.2) is 45.5 Å². The number of hydrogen-bond acceptors (Lipinski definition) is 4. The number of fused-ring (bicyclic) bond motifs is 1. The third-order valence-electron chi connectivity index (χ3n) is 3.83. The van der Waals surface area contributed by atoms with Gasteiger partial charge in [-0.15, -0.1) is 0 Å². The molecule has 0 bridgehead atoms. The van der Waals surface area contributed by atoms with E-state index in [1.54, 1.807) is 4.90 Å². The van der Waals surface area contributed by atoms with Gasteiger partial charge < -0.3 is 14.4 Å². The van der Waals surface area contributed by atoms with Crippen molar-refractivity contribution in [3.05, 3.63) is 23.8 Å². The zero-order valence-corrected chi connectivity index (χ0v) is 11.8. The summed E-state index contributed by atoms with van der Waals surface area (Å²) in [5.74, 6) is 0. The maximum atomic E-state index is 12.0. The average Bonchev–Trinajstić information content (AvgIpc) is 2.91. The van der Waals surface area contributed by atoms with Crippen molar-refractivity contribution in [2.75, 3.05) is 49.3 Å². The van der Waals surface area contributed by atoms with Crippen LogP contribution < -0.4 is 9.80 Å². The molecule has 1 saturated heterocycles. The molecule has 2 aliphatic heterocycles. The number of hydrogen-bond donors (Lipinski definition) is 0. The van der Waals surface area contributed by atoms with Gasteiger partial charge in [0.2, 0.25) is 0 Å². The van der Waals surface area contributed by atoms with E-state index in [9.17, 15) is 4.79 Å². The van der Waals surface area contributed by atoms with Crippen molar-refractivity contribution in [2.24, 2.45) is 0 Å². The van der Waals surface area contributed by atoms with Crippen LogP contribution in [0.4, 0.5) is 16.2 Å². The fourth-order valence-electron chi connectivity index (χ4n) is 2.78. The normalized spacial score (nSPS) is 18.1. The molecule has 0 radical (unpaired) electrons. The third-order valence-corrected chi connectivity index (χ3v) is 3.83. The molecule has 20 heavy (non-hydrogen) atoms. The van der Waals surface area contributed by atoms with Crippen molar-refractivity contribution >= 4 is 17.5 Å². The lowest BCUT2D eigenvalue weighted by molar-refractivity contribution is 0.122. The fourth-order valence-corrected chi connectivity index (χ4v) is 2.78. The summed E-state index contributed by atoms with van der Waals surface area (Å²) in [6, 6.07) is 6.36. The predicted octanol–water partition coefficient (Wildman–Crippen LogP) is 2.04. The van der Waals surface area contributed by atoms with Crippen LogP contribution in [0.25, 0.3) is 0 Å². The van der Waals surface area contributed by atoms with E-state index in [2.05, 4.69) is 23.1 Å². The second-order valence-corrected chi connectivity index (χ2v) is 5.01. The number of carbonyl (C=O) groups is 1. The molecule has 0 N–H and O–H groups in total. The Balaban J connectivity index is 1.83. The highest BCUT2D eigenvalue weighted by Crippen LogP contribution is 2.32. The first-order valence-corrected chi connectivity index (χ1v) is 7.19. The number of morpholine rings is 1. The number of amides is 1. The Kier molecular flexibility index (Phi) is 3.78. The molecule has 1 aromatic carbocycles. The molecule has 0 unspecified atom stereocenters. The largest absolute Gasteiger partial charge is 0.449 e. The van der Waals surface area contributed by atoms with Crippen LogP contribution in [0.5, 0.6) is 0 Å². The molecule has 1 fully saturated rings. The highest BCUT2D eigenvalue weighted by molar-refractivity contribution is 5.91. The molecule has 2 aliphatic rings. The SMILES string of the molecule is CCOC(=O)N1CCc2ccc(N3CCOCC3)cc21. The molecule has 108 valence electrons. The summed E-state index contributed by atoms with van der Waals surface area (Å²) in [7, 11) is 0. The van der Waals surface area contributed by atoms with Gasteiger partial charge in [-0.2, -0.15) is 0 Å². The lowest BCUT2D eigenvalue weighted by Crippen LogP contribution is -2.36. The van der Waals surface area contributed by atoms with Crippen molar-refractivity contribution in [3.8, 4) is 0 Å². The minimum Gasteiger partial charge on any atom is -0.449 e. The molecule has 1 amide bonds. The zero-order valence-electron chi connectivity index (χ0n) is 11.8. The molecule has 0 spiro atoms. The van der Waals surface area contributed by atoms with E-state index in [0.29, 0.717) is 13.2 Å². The van der Waals surface area contributed by atoms with Gasteiger partial charge in [-0.25, -0.2) is 4.79 Å². The molecule has 5 nitrogen and oxygen atoms in total. The van der Waals surface area contributed by atoms with Crippen LogP contribution in [0.15, 0.2) is 18.2 Å². The van der Waals surface area contributed by atoms with Gasteiger partial charge in [0.15, 0.2) is 0 Å². The Labute approximate surface area is 119 Å². The Hall–Kier alpha value is -1.75. The van der Waals surface area contributed by atoms with E-state index in [4.69, 9.17) is 9.47 Å². The molecule has 0 aliphatic carbocycles. The predicted molar refractivity (Wildman–Crippen MR) is 77.5 cm³/mol. The zero-order chi connectivity index (χ0) is 13.9. The number of benzene rings is 1. The van der Waals surface area contributed by atoms with E-state index in [-0.39, 0.29) is 6.09 Å². The van der Waals surface area contributed by atoms with Gasteiger partial charge in [-0.1, -0.05) is 6.07 Å². The number of carbonyl (C=O) groups excluding carboxylic acids is 1. The van der Waals surface area contributed by atoms with Crippen LogP contribution in [0.3, 0.4) is 0 Å². The number of nitrogens with zero attached hydrogens (tertiary/aromatic N) is 2. The summed E-state index contributed by atoms with van der Waals surface area (Å²) in [5, 5.41) is 0. The van der Waals surface area contributed by atoms with Crippen LogP contribution in [-0.2, 0) is 15.9 Å². The van der Waals surface area contributed by atoms with Crippen molar-refractivity contribution in [1.29, 1.82) is 0 Å². The number of anilines is 2. The molecule has 0 aromatic heterocycles. The first kappa shape index (κ1) is 13.2. The Morgan fingerprint density at radius 3 is 2.85 bits per heavy atom. The summed E-state index contributed by atoms with van der Waals surface area (Å²) < 4.78 is 10.5. The fraction of sp³-hybridized carbons (Fsp3) is 0.533. The summed E-state index contributed by atoms with van der Waals surface area (Å²) in [6.45, 7) is 6.28. The average molecular weight is 276 g/mol. The smallest absolute Gasteiger partial charge is 0.414 e. The first-order valence-electron chi connectivity index (χ1n) is 7.19. The van der Waals surface area contributed by atoms with Crippen LogP contribution >= 0.6 is 0 Å². The van der Waals surface area contributed by atoms with Crippen molar-refractivity contribution < 1.29 is 14.3 Å². The van der Waals surface area contributed by atoms with Crippen LogP contribution in [0, 0.1) is 0 Å². The van der Waals surface area contributed by atoms with Crippen molar-refractivity contribution in [2.45, 2.75) is 13.3 Å². The minimum absolute atomic E-state index is 0.245. The topological polar surface area (TPSA) is 42.0 Å². The van der Waals surface area contributed by atoms with Crippen LogP contribution in [0.2, 0.25) is 0 Å². The molecule has 2 heterocycles. The van der Waals surface area contributed by atoms with Gasteiger partial charge in [-0.3, -0.25) is 4.90 Å². The third kappa shape index (κ3) is 2.45. The van der Waals surface area contributed by atoms with E-state index < -0.39 is 0 Å². The highest BCUT2D eigenvalue weighted by Gasteiger charge is 2.26. The van der Waals surface area contributed by atoms with Crippen molar-refractivity contribution in [1.82, 2.24) is 0 Å². The van der Waals surface area contributed by atoms with Gasteiger partial charge in [0.25, 0.3) is 0 Å². The summed E-state index contributed by atoms with van der Waals surface area (Å²) >= 11 is 0.